The van der Waals surface area contributed by atoms with Gasteiger partial charge < -0.3 is 20.1 Å². The van der Waals surface area contributed by atoms with Gasteiger partial charge in [-0.2, -0.15) is 0 Å². The third-order valence-corrected chi connectivity index (χ3v) is 6.00. The molecular formula is C24H21ClN2O4S. The van der Waals surface area contributed by atoms with Gasteiger partial charge in [-0.3, -0.25) is 9.59 Å². The van der Waals surface area contributed by atoms with Crippen LogP contribution in [-0.2, 0) is 4.79 Å². The Morgan fingerprint density at radius 1 is 0.906 bits per heavy atom. The highest BCUT2D eigenvalue weighted by atomic mass is 35.5. The summed E-state index contributed by atoms with van der Waals surface area (Å²) < 4.78 is 11.1. The van der Waals surface area contributed by atoms with Crippen LogP contribution < -0.4 is 20.1 Å². The summed E-state index contributed by atoms with van der Waals surface area (Å²) in [7, 11) is 0. The van der Waals surface area contributed by atoms with E-state index >= 15 is 0 Å². The molecule has 0 aromatic heterocycles. The lowest BCUT2D eigenvalue weighted by Gasteiger charge is -2.19. The van der Waals surface area contributed by atoms with Crippen LogP contribution >= 0.6 is 23.4 Å². The number of carbonyl (C=O) groups excluding carboxylic acids is 2. The lowest BCUT2D eigenvalue weighted by molar-refractivity contribution is -0.115. The Kier molecular flexibility index (Phi) is 6.87. The summed E-state index contributed by atoms with van der Waals surface area (Å²) in [4.78, 5) is 26.0. The normalized spacial score (nSPS) is 13.2. The standard InChI is InChI=1S/C24H21ClN2O4S/c1-15(23(28)26-19-8-9-21-22(14-19)31-11-10-30-21)32-20-7-3-6-18(13-20)27-24(29)16-4-2-5-17(25)12-16/h2-9,12-15H,10-11H2,1H3,(H,26,28)(H,27,29). The van der Waals surface area contributed by atoms with E-state index in [4.69, 9.17) is 21.1 Å². The minimum atomic E-state index is -0.359. The largest absolute Gasteiger partial charge is 0.486 e. The summed E-state index contributed by atoms with van der Waals surface area (Å²) in [5, 5.41) is 5.91. The Morgan fingerprint density at radius 3 is 2.47 bits per heavy atom. The lowest BCUT2D eigenvalue weighted by Crippen LogP contribution is -2.22. The Labute approximate surface area is 195 Å². The molecule has 2 N–H and O–H groups in total. The number of hydrogen-bond donors (Lipinski definition) is 2. The van der Waals surface area contributed by atoms with Crippen LogP contribution in [0.5, 0.6) is 11.5 Å². The SMILES string of the molecule is CC(Sc1cccc(NC(=O)c2cccc(Cl)c2)c1)C(=O)Nc1ccc2c(c1)OCCO2. The molecule has 1 aliphatic rings. The molecule has 164 valence electrons. The molecule has 1 aliphatic heterocycles. The van der Waals surface area contributed by atoms with Gasteiger partial charge in [0.05, 0.1) is 5.25 Å². The van der Waals surface area contributed by atoms with Crippen LogP contribution in [0.2, 0.25) is 5.02 Å². The van der Waals surface area contributed by atoms with E-state index in [-0.39, 0.29) is 17.1 Å². The second-order valence-electron chi connectivity index (χ2n) is 7.10. The average molecular weight is 469 g/mol. The average Bonchev–Trinajstić information content (AvgIpc) is 2.79. The number of anilines is 2. The highest BCUT2D eigenvalue weighted by Gasteiger charge is 2.17. The van der Waals surface area contributed by atoms with Gasteiger partial charge in [-0.15, -0.1) is 11.8 Å². The maximum Gasteiger partial charge on any atom is 0.255 e. The zero-order valence-corrected chi connectivity index (χ0v) is 18.8. The third-order valence-electron chi connectivity index (χ3n) is 4.67. The van der Waals surface area contributed by atoms with Crippen LogP contribution in [0.15, 0.2) is 71.6 Å². The number of fused-ring (bicyclic) bond motifs is 1. The number of amides is 2. The van der Waals surface area contributed by atoms with Gasteiger partial charge in [-0.05, 0) is 55.5 Å². The minimum absolute atomic E-state index is 0.139. The molecule has 4 rings (SSSR count). The predicted octanol–water partition coefficient (Wildman–Crippen LogP) is 5.48. The fraction of sp³-hybridized carbons (Fsp3) is 0.167. The van der Waals surface area contributed by atoms with E-state index in [1.165, 1.54) is 11.8 Å². The summed E-state index contributed by atoms with van der Waals surface area (Å²) >= 11 is 7.36. The van der Waals surface area contributed by atoms with Crippen molar-refractivity contribution in [1.82, 2.24) is 0 Å². The minimum Gasteiger partial charge on any atom is -0.486 e. The van der Waals surface area contributed by atoms with Gasteiger partial charge in [0.1, 0.15) is 13.2 Å². The fourth-order valence-electron chi connectivity index (χ4n) is 3.10. The molecule has 32 heavy (non-hydrogen) atoms. The summed E-state index contributed by atoms with van der Waals surface area (Å²) in [6.07, 6.45) is 0. The number of carbonyl (C=O) groups is 2. The van der Waals surface area contributed by atoms with Crippen LogP contribution in [0.4, 0.5) is 11.4 Å². The van der Waals surface area contributed by atoms with Crippen LogP contribution in [0.1, 0.15) is 17.3 Å². The zero-order valence-electron chi connectivity index (χ0n) is 17.3. The summed E-state index contributed by atoms with van der Waals surface area (Å²) in [6, 6.07) is 19.4. The van der Waals surface area contributed by atoms with Crippen molar-refractivity contribution in [3.05, 3.63) is 77.3 Å². The van der Waals surface area contributed by atoms with Crippen molar-refractivity contribution in [3.63, 3.8) is 0 Å². The quantitative estimate of drug-likeness (QED) is 0.468. The molecule has 2 amide bonds. The van der Waals surface area contributed by atoms with Crippen LogP contribution in [-0.4, -0.2) is 30.3 Å². The predicted molar refractivity (Wildman–Crippen MR) is 127 cm³/mol. The van der Waals surface area contributed by atoms with E-state index < -0.39 is 0 Å². The van der Waals surface area contributed by atoms with Crippen LogP contribution in [0, 0.1) is 0 Å². The molecule has 1 unspecified atom stereocenters. The van der Waals surface area contributed by atoms with Crippen molar-refractivity contribution >= 4 is 46.6 Å². The lowest BCUT2D eigenvalue weighted by atomic mass is 10.2. The van der Waals surface area contributed by atoms with E-state index in [0.717, 1.165) is 4.90 Å². The Hall–Kier alpha value is -3.16. The first-order chi connectivity index (χ1) is 15.5. The van der Waals surface area contributed by atoms with Gasteiger partial charge in [0.2, 0.25) is 5.91 Å². The highest BCUT2D eigenvalue weighted by molar-refractivity contribution is 8.00. The Balaban J connectivity index is 1.37. The smallest absolute Gasteiger partial charge is 0.255 e. The third kappa shape index (κ3) is 5.55. The molecule has 0 spiro atoms. The molecule has 3 aromatic carbocycles. The summed E-state index contributed by atoms with van der Waals surface area (Å²) in [6.45, 7) is 2.83. The van der Waals surface area contributed by atoms with E-state index in [9.17, 15) is 9.59 Å². The second-order valence-corrected chi connectivity index (χ2v) is 8.95. The maximum atomic E-state index is 12.7. The number of halogens is 1. The van der Waals surface area contributed by atoms with Crippen LogP contribution in [0.25, 0.3) is 0 Å². The van der Waals surface area contributed by atoms with Gasteiger partial charge in [0.15, 0.2) is 11.5 Å². The molecule has 0 radical (unpaired) electrons. The van der Waals surface area contributed by atoms with Gasteiger partial charge in [-0.1, -0.05) is 23.7 Å². The number of ether oxygens (including phenoxy) is 2. The van der Waals surface area contributed by atoms with Crippen molar-refractivity contribution in [1.29, 1.82) is 0 Å². The van der Waals surface area contributed by atoms with E-state index in [1.807, 2.05) is 25.1 Å². The van der Waals surface area contributed by atoms with Crippen LogP contribution in [0.3, 0.4) is 0 Å². The van der Waals surface area contributed by atoms with Gasteiger partial charge in [0, 0.05) is 32.9 Å². The van der Waals surface area contributed by atoms with Crippen molar-refractivity contribution < 1.29 is 19.1 Å². The topological polar surface area (TPSA) is 76.7 Å². The Morgan fingerprint density at radius 2 is 1.66 bits per heavy atom. The number of benzene rings is 3. The molecule has 1 heterocycles. The summed E-state index contributed by atoms with van der Waals surface area (Å²) in [5.74, 6) is 0.907. The highest BCUT2D eigenvalue weighted by Crippen LogP contribution is 2.33. The number of rotatable bonds is 6. The first kappa shape index (κ1) is 22.0. The monoisotopic (exact) mass is 468 g/mol. The van der Waals surface area contributed by atoms with E-state index in [1.54, 1.807) is 48.5 Å². The number of thioether (sulfide) groups is 1. The number of nitrogens with one attached hydrogen (secondary N) is 2. The zero-order chi connectivity index (χ0) is 22.5. The second kappa shape index (κ2) is 9.97. The van der Waals surface area contributed by atoms with Crippen molar-refractivity contribution in [2.75, 3.05) is 23.8 Å². The summed E-state index contributed by atoms with van der Waals surface area (Å²) in [5.41, 5.74) is 1.76. The van der Waals surface area contributed by atoms with Gasteiger partial charge in [0.25, 0.3) is 5.91 Å². The van der Waals surface area contributed by atoms with Crippen molar-refractivity contribution in [3.8, 4) is 11.5 Å². The van der Waals surface area contributed by atoms with E-state index in [0.29, 0.717) is 46.7 Å². The molecule has 0 saturated carbocycles. The first-order valence-corrected chi connectivity index (χ1v) is 11.3. The molecule has 6 nitrogen and oxygen atoms in total. The molecule has 0 fully saturated rings. The molecule has 8 heteroatoms. The molecule has 3 aromatic rings. The molecule has 0 saturated heterocycles. The maximum absolute atomic E-state index is 12.7. The number of hydrogen-bond acceptors (Lipinski definition) is 5. The molecular weight excluding hydrogens is 448 g/mol. The fourth-order valence-corrected chi connectivity index (χ4v) is 4.22. The van der Waals surface area contributed by atoms with Crippen molar-refractivity contribution in [2.24, 2.45) is 0 Å². The van der Waals surface area contributed by atoms with E-state index in [2.05, 4.69) is 10.6 Å². The molecule has 0 bridgehead atoms. The Bertz CT molecular complexity index is 1150. The molecule has 1 atom stereocenters. The first-order valence-electron chi connectivity index (χ1n) is 10.0. The van der Waals surface area contributed by atoms with Crippen molar-refractivity contribution in [2.45, 2.75) is 17.1 Å². The van der Waals surface area contributed by atoms with Gasteiger partial charge in [-0.25, -0.2) is 0 Å². The van der Waals surface area contributed by atoms with Gasteiger partial charge >= 0.3 is 0 Å². The molecule has 0 aliphatic carbocycles.